The highest BCUT2D eigenvalue weighted by Gasteiger charge is 2.61. The second kappa shape index (κ2) is 9.65. The van der Waals surface area contributed by atoms with Crippen molar-refractivity contribution in [3.63, 3.8) is 0 Å². The lowest BCUT2D eigenvalue weighted by atomic mass is 9.43. The van der Waals surface area contributed by atoms with Crippen LogP contribution in [-0.4, -0.2) is 19.9 Å². The van der Waals surface area contributed by atoms with Crippen molar-refractivity contribution < 1.29 is 0 Å². The predicted molar refractivity (Wildman–Crippen MR) is 190 cm³/mol. The Hall–Kier alpha value is -4.74. The fraction of sp³-hybridized carbons (Fsp3) is 0.238. The van der Waals surface area contributed by atoms with Gasteiger partial charge in [-0.1, -0.05) is 72.8 Å². The Kier molecular flexibility index (Phi) is 5.41. The molecule has 5 heteroatoms. The maximum atomic E-state index is 5.25. The first-order valence-electron chi connectivity index (χ1n) is 17.1. The van der Waals surface area contributed by atoms with Gasteiger partial charge in [-0.3, -0.25) is 4.98 Å². The third kappa shape index (κ3) is 3.64. The van der Waals surface area contributed by atoms with Crippen LogP contribution >= 0.6 is 11.3 Å². The normalized spacial score (nSPS) is 25.1. The Morgan fingerprint density at radius 3 is 2.09 bits per heavy atom. The van der Waals surface area contributed by atoms with Crippen LogP contribution < -0.4 is 0 Å². The Balaban J connectivity index is 1.12. The lowest BCUT2D eigenvalue weighted by Crippen LogP contribution is -2.55. The molecule has 0 saturated heterocycles. The van der Waals surface area contributed by atoms with Gasteiger partial charge in [-0.05, 0) is 96.7 Å². The van der Waals surface area contributed by atoms with E-state index in [9.17, 15) is 0 Å². The fourth-order valence-electron chi connectivity index (χ4n) is 10.5. The molecule has 5 aliphatic carbocycles. The van der Waals surface area contributed by atoms with E-state index in [-0.39, 0.29) is 5.41 Å². The molecule has 0 N–H and O–H groups in total. The molecule has 0 radical (unpaired) electrons. The summed E-state index contributed by atoms with van der Waals surface area (Å²) >= 11 is 1.81. The maximum Gasteiger partial charge on any atom is 0.165 e. The van der Waals surface area contributed by atoms with Crippen molar-refractivity contribution in [3.05, 3.63) is 121 Å². The lowest BCUT2D eigenvalue weighted by Gasteiger charge is -2.61. The van der Waals surface area contributed by atoms with E-state index in [0.29, 0.717) is 17.5 Å². The SMILES string of the molecule is c1ccc(-c2nc(-c3ccc4c(c3)-c3cnccc3C43C4CC5CC(C4)CC3C5)nc(-c3cccc4c3sc3ccccc34)n2)cc1. The number of thiophene rings is 1. The van der Waals surface area contributed by atoms with Gasteiger partial charge in [0, 0.05) is 60.2 Å². The van der Waals surface area contributed by atoms with E-state index in [1.807, 2.05) is 23.6 Å². The van der Waals surface area contributed by atoms with Crippen LogP contribution in [0.5, 0.6) is 0 Å². The van der Waals surface area contributed by atoms with Crippen LogP contribution in [0.3, 0.4) is 0 Å². The van der Waals surface area contributed by atoms with Gasteiger partial charge in [0.15, 0.2) is 17.5 Å². The summed E-state index contributed by atoms with van der Waals surface area (Å²) in [4.78, 5) is 20.2. The maximum absolute atomic E-state index is 5.25. The van der Waals surface area contributed by atoms with Crippen LogP contribution in [0, 0.1) is 23.7 Å². The summed E-state index contributed by atoms with van der Waals surface area (Å²) in [6, 6.07) is 34.9. The minimum absolute atomic E-state index is 0.121. The molecule has 226 valence electrons. The molecule has 4 fully saturated rings. The van der Waals surface area contributed by atoms with Crippen LogP contribution in [-0.2, 0) is 5.41 Å². The molecule has 4 aromatic carbocycles. The molecule has 47 heavy (non-hydrogen) atoms. The first-order chi connectivity index (χ1) is 23.2. The summed E-state index contributed by atoms with van der Waals surface area (Å²) in [7, 11) is 0. The predicted octanol–water partition coefficient (Wildman–Crippen LogP) is 10.4. The molecule has 0 aliphatic heterocycles. The third-order valence-corrected chi connectivity index (χ3v) is 13.2. The number of aromatic nitrogens is 4. The molecular formula is C42H32N4S. The number of nitrogens with zero attached hydrogens (tertiary/aromatic N) is 4. The van der Waals surface area contributed by atoms with E-state index >= 15 is 0 Å². The largest absolute Gasteiger partial charge is 0.264 e. The van der Waals surface area contributed by atoms with Gasteiger partial charge in [0.2, 0.25) is 0 Å². The summed E-state index contributed by atoms with van der Waals surface area (Å²) in [5, 5.41) is 2.52. The molecule has 1 spiro atoms. The second-order valence-corrected chi connectivity index (χ2v) is 15.4. The van der Waals surface area contributed by atoms with Crippen molar-refractivity contribution in [3.8, 4) is 45.3 Å². The average Bonchev–Trinajstić information content (AvgIpc) is 3.64. The lowest BCUT2D eigenvalue weighted by molar-refractivity contribution is -0.0399. The minimum atomic E-state index is 0.121. The molecule has 5 aliphatic rings. The van der Waals surface area contributed by atoms with Crippen LogP contribution in [0.4, 0.5) is 0 Å². The minimum Gasteiger partial charge on any atom is -0.264 e. The molecule has 7 aromatic rings. The smallest absolute Gasteiger partial charge is 0.165 e. The number of hydrogen-bond acceptors (Lipinski definition) is 5. The molecule has 3 aromatic heterocycles. The highest BCUT2D eigenvalue weighted by Crippen LogP contribution is 2.69. The van der Waals surface area contributed by atoms with Crippen LogP contribution in [0.15, 0.2) is 109 Å². The fourth-order valence-corrected chi connectivity index (χ4v) is 11.7. The molecular weight excluding hydrogens is 593 g/mol. The van der Waals surface area contributed by atoms with Crippen LogP contribution in [0.1, 0.15) is 43.2 Å². The van der Waals surface area contributed by atoms with E-state index < -0.39 is 0 Å². The number of benzene rings is 4. The molecule has 0 atom stereocenters. The zero-order valence-electron chi connectivity index (χ0n) is 25.9. The van der Waals surface area contributed by atoms with Gasteiger partial charge in [-0.2, -0.15) is 0 Å². The Morgan fingerprint density at radius 2 is 1.26 bits per heavy atom. The molecule has 0 unspecified atom stereocenters. The first kappa shape index (κ1) is 26.3. The number of pyridine rings is 1. The highest BCUT2D eigenvalue weighted by atomic mass is 32.1. The van der Waals surface area contributed by atoms with Crippen molar-refractivity contribution in [2.45, 2.75) is 37.5 Å². The summed E-state index contributed by atoms with van der Waals surface area (Å²) in [6.07, 6.45) is 11.1. The zero-order valence-corrected chi connectivity index (χ0v) is 26.8. The van der Waals surface area contributed by atoms with Crippen LogP contribution in [0.25, 0.3) is 65.5 Å². The van der Waals surface area contributed by atoms with Crippen molar-refractivity contribution in [1.29, 1.82) is 0 Å². The highest BCUT2D eigenvalue weighted by molar-refractivity contribution is 7.26. The van der Waals surface area contributed by atoms with E-state index in [0.717, 1.165) is 40.4 Å². The van der Waals surface area contributed by atoms with E-state index in [1.165, 1.54) is 74.5 Å². The second-order valence-electron chi connectivity index (χ2n) is 14.3. The molecule has 12 rings (SSSR count). The quantitative estimate of drug-likeness (QED) is 0.196. The topological polar surface area (TPSA) is 51.6 Å². The van der Waals surface area contributed by atoms with Gasteiger partial charge in [-0.15, -0.1) is 11.3 Å². The summed E-state index contributed by atoms with van der Waals surface area (Å²) in [5.74, 6) is 5.41. The first-order valence-corrected chi connectivity index (χ1v) is 17.9. The van der Waals surface area contributed by atoms with Gasteiger partial charge < -0.3 is 0 Å². The van der Waals surface area contributed by atoms with Gasteiger partial charge >= 0.3 is 0 Å². The van der Waals surface area contributed by atoms with E-state index in [1.54, 1.807) is 0 Å². The van der Waals surface area contributed by atoms with Gasteiger partial charge in [0.1, 0.15) is 0 Å². The molecule has 4 saturated carbocycles. The zero-order chi connectivity index (χ0) is 30.7. The molecule has 0 amide bonds. The van der Waals surface area contributed by atoms with E-state index in [4.69, 9.17) is 15.0 Å². The molecule has 3 heterocycles. The third-order valence-electron chi connectivity index (χ3n) is 12.0. The van der Waals surface area contributed by atoms with Gasteiger partial charge in [0.25, 0.3) is 0 Å². The summed E-state index contributed by atoms with van der Waals surface area (Å²) in [6.45, 7) is 0. The standard InChI is InChI=1S/C42H32N4S/c1-2-7-26(8-3-1)39-44-40(46-41(45-39)32-11-6-10-31-30-9-4-5-12-37(30)47-38(31)32)27-13-14-35-33(22-27)34-23-43-16-15-36(34)42(35)28-18-24-17-25(20-28)21-29(42)19-24/h1-16,22-25,28-29H,17-21H2. The number of rotatable bonds is 3. The van der Waals surface area contributed by atoms with Crippen molar-refractivity contribution >= 4 is 31.5 Å². The summed E-state index contributed by atoms with van der Waals surface area (Å²) < 4.78 is 2.49. The van der Waals surface area contributed by atoms with Gasteiger partial charge in [0.05, 0.1) is 0 Å². The van der Waals surface area contributed by atoms with Gasteiger partial charge in [-0.25, -0.2) is 15.0 Å². The monoisotopic (exact) mass is 624 g/mol. The van der Waals surface area contributed by atoms with Crippen molar-refractivity contribution in [2.75, 3.05) is 0 Å². The Labute approximate surface area is 277 Å². The van der Waals surface area contributed by atoms with Crippen molar-refractivity contribution in [1.82, 2.24) is 19.9 Å². The number of fused-ring (bicyclic) bond motifs is 6. The molecule has 4 nitrogen and oxygen atoms in total. The Bertz CT molecular complexity index is 2360. The van der Waals surface area contributed by atoms with Crippen molar-refractivity contribution in [2.24, 2.45) is 23.7 Å². The van der Waals surface area contributed by atoms with Crippen LogP contribution in [0.2, 0.25) is 0 Å². The van der Waals surface area contributed by atoms with E-state index in [2.05, 4.69) is 102 Å². The molecule has 4 bridgehead atoms. The number of hydrogen-bond donors (Lipinski definition) is 0. The Morgan fingerprint density at radius 1 is 0.553 bits per heavy atom. The summed E-state index contributed by atoms with van der Waals surface area (Å²) in [5.41, 5.74) is 8.87. The average molecular weight is 625 g/mol.